The Labute approximate surface area is 126 Å². The molecule has 0 spiro atoms. The van der Waals surface area contributed by atoms with Crippen molar-refractivity contribution in [3.8, 4) is 5.75 Å². The van der Waals surface area contributed by atoms with Gasteiger partial charge in [-0.1, -0.05) is 12.1 Å². The van der Waals surface area contributed by atoms with Crippen LogP contribution < -0.4 is 4.74 Å². The molecule has 1 aromatic heterocycles. The van der Waals surface area contributed by atoms with Crippen molar-refractivity contribution in [2.45, 2.75) is 12.6 Å². The molecule has 0 bridgehead atoms. The number of aromatic nitrogens is 1. The number of hydrogen-bond acceptors (Lipinski definition) is 1. The summed E-state index contributed by atoms with van der Waals surface area (Å²) in [5.41, 5.74) is 0.995. The van der Waals surface area contributed by atoms with E-state index >= 15 is 0 Å². The first-order valence-electron chi connectivity index (χ1n) is 7.30. The minimum Gasteiger partial charge on any atom is -0.493 e. The van der Waals surface area contributed by atoms with Gasteiger partial charge < -0.3 is 9.72 Å². The molecule has 114 valence electrons. The topological polar surface area (TPSA) is 25.0 Å². The molecular weight excluding hydrogens is 291 g/mol. The average Bonchev–Trinajstić information content (AvgIpc) is 2.88. The molecule has 2 nitrogen and oxygen atoms in total. The number of ether oxygens (including phenoxy) is 1. The molecule has 0 aliphatic rings. The maximum atomic E-state index is 12.5. The van der Waals surface area contributed by atoms with Crippen molar-refractivity contribution in [1.29, 1.82) is 0 Å². The first-order chi connectivity index (χ1) is 10.9. The lowest BCUT2D eigenvalue weighted by molar-refractivity contribution is -0.137. The number of alkyl halides is 3. The molecule has 0 atom stereocenters. The highest BCUT2D eigenvalue weighted by atomic mass is 19.4. The van der Waals surface area contributed by atoms with E-state index in [1.54, 1.807) is 18.3 Å². The number of H-pyrrole nitrogens is 1. The largest absolute Gasteiger partial charge is 0.493 e. The van der Waals surface area contributed by atoms with Gasteiger partial charge in [-0.3, -0.25) is 0 Å². The van der Waals surface area contributed by atoms with Gasteiger partial charge in [0.15, 0.2) is 0 Å². The summed E-state index contributed by atoms with van der Waals surface area (Å²) in [4.78, 5) is 2.98. The standard InChI is InChI=1S/C17H14F3NO/c18-17(19,20)14-3-1-12(2-4-14)8-10-22-15-5-6-16-13(11-15)7-9-21-16/h1-7,9,11,21H,8,10H2/i7D. The second-order valence-electron chi connectivity index (χ2n) is 4.93. The Bertz CT molecular complexity index is 809. The Balaban J connectivity index is 1.61. The van der Waals surface area contributed by atoms with Gasteiger partial charge in [0.1, 0.15) is 5.75 Å². The summed E-state index contributed by atoms with van der Waals surface area (Å²) < 4.78 is 50.8. The van der Waals surface area contributed by atoms with Crippen LogP contribution in [0.3, 0.4) is 0 Å². The molecule has 2 aromatic carbocycles. The van der Waals surface area contributed by atoms with Crippen LogP contribution in [0.15, 0.2) is 54.7 Å². The van der Waals surface area contributed by atoms with Gasteiger partial charge >= 0.3 is 6.18 Å². The van der Waals surface area contributed by atoms with Crippen molar-refractivity contribution < 1.29 is 19.3 Å². The monoisotopic (exact) mass is 306 g/mol. The minimum atomic E-state index is -4.31. The van der Waals surface area contributed by atoms with Gasteiger partial charge in [-0.25, -0.2) is 0 Å². The van der Waals surface area contributed by atoms with Crippen LogP contribution in [0.2, 0.25) is 0 Å². The predicted octanol–water partition coefficient (Wildman–Crippen LogP) is 4.81. The fourth-order valence-corrected chi connectivity index (χ4v) is 2.20. The number of fused-ring (bicyclic) bond motifs is 1. The van der Waals surface area contributed by atoms with E-state index < -0.39 is 11.7 Å². The molecule has 3 rings (SSSR count). The van der Waals surface area contributed by atoms with Crippen LogP contribution in [0.1, 0.15) is 12.5 Å². The molecule has 0 amide bonds. The van der Waals surface area contributed by atoms with E-state index in [0.29, 0.717) is 24.8 Å². The maximum Gasteiger partial charge on any atom is 0.416 e. The highest BCUT2D eigenvalue weighted by Crippen LogP contribution is 2.29. The summed E-state index contributed by atoms with van der Waals surface area (Å²) in [5, 5.41) is 0.775. The summed E-state index contributed by atoms with van der Waals surface area (Å²) in [6, 6.07) is 10.9. The first-order valence-corrected chi connectivity index (χ1v) is 6.80. The zero-order valence-electron chi connectivity index (χ0n) is 12.6. The van der Waals surface area contributed by atoms with Crippen LogP contribution in [-0.4, -0.2) is 11.6 Å². The third-order valence-corrected chi connectivity index (χ3v) is 3.39. The normalized spacial score (nSPS) is 12.4. The van der Waals surface area contributed by atoms with Crippen molar-refractivity contribution in [3.05, 3.63) is 65.8 Å². The summed E-state index contributed by atoms with van der Waals surface area (Å²) in [6.45, 7) is 0.356. The average molecular weight is 306 g/mol. The zero-order valence-corrected chi connectivity index (χ0v) is 11.6. The molecule has 1 N–H and O–H groups in total. The molecule has 3 aromatic rings. The van der Waals surface area contributed by atoms with Gasteiger partial charge in [0.05, 0.1) is 13.5 Å². The molecule has 0 aliphatic heterocycles. The van der Waals surface area contributed by atoms with Gasteiger partial charge in [0, 0.05) is 23.5 Å². The molecule has 0 unspecified atom stereocenters. The Kier molecular flexibility index (Phi) is 3.46. The quantitative estimate of drug-likeness (QED) is 0.735. The van der Waals surface area contributed by atoms with Gasteiger partial charge in [0.25, 0.3) is 0 Å². The van der Waals surface area contributed by atoms with E-state index in [1.807, 2.05) is 6.07 Å². The Morgan fingerprint density at radius 3 is 2.59 bits per heavy atom. The third-order valence-electron chi connectivity index (χ3n) is 3.39. The SMILES string of the molecule is [2H]c1c[nH]c2ccc(OCCc3ccc(C(F)(F)F)cc3)cc12. The number of rotatable bonds is 4. The molecule has 0 radical (unpaired) electrons. The van der Waals surface area contributed by atoms with Crippen LogP contribution in [0, 0.1) is 0 Å². The smallest absolute Gasteiger partial charge is 0.416 e. The van der Waals surface area contributed by atoms with Crippen LogP contribution in [0.25, 0.3) is 10.9 Å². The lowest BCUT2D eigenvalue weighted by Crippen LogP contribution is -2.05. The highest BCUT2D eigenvalue weighted by Gasteiger charge is 2.29. The van der Waals surface area contributed by atoms with E-state index in [9.17, 15) is 13.2 Å². The van der Waals surface area contributed by atoms with Crippen molar-refractivity contribution in [3.63, 3.8) is 0 Å². The maximum absolute atomic E-state index is 12.5. The third kappa shape index (κ3) is 3.24. The lowest BCUT2D eigenvalue weighted by Gasteiger charge is -2.09. The predicted molar refractivity (Wildman–Crippen MR) is 78.9 cm³/mol. The van der Waals surface area contributed by atoms with Gasteiger partial charge in [0.2, 0.25) is 0 Å². The number of halogens is 3. The molecule has 0 saturated carbocycles. The van der Waals surface area contributed by atoms with Crippen molar-refractivity contribution in [2.24, 2.45) is 0 Å². The summed E-state index contributed by atoms with van der Waals surface area (Å²) >= 11 is 0. The second kappa shape index (κ2) is 5.75. The highest BCUT2D eigenvalue weighted by molar-refractivity contribution is 5.80. The van der Waals surface area contributed by atoms with E-state index in [4.69, 9.17) is 6.11 Å². The molecule has 0 fully saturated rings. The lowest BCUT2D eigenvalue weighted by atomic mass is 10.1. The van der Waals surface area contributed by atoms with Crippen LogP contribution in [-0.2, 0) is 12.6 Å². The van der Waals surface area contributed by atoms with Crippen molar-refractivity contribution in [1.82, 2.24) is 4.98 Å². The summed E-state index contributed by atoms with van der Waals surface area (Å²) in [6.07, 6.45) is -2.19. The van der Waals surface area contributed by atoms with Crippen LogP contribution in [0.5, 0.6) is 5.75 Å². The minimum absolute atomic E-state index is 0.356. The fraction of sp³-hybridized carbons (Fsp3) is 0.176. The molecule has 22 heavy (non-hydrogen) atoms. The van der Waals surface area contributed by atoms with Gasteiger partial charge in [-0.15, -0.1) is 0 Å². The zero-order chi connectivity index (χ0) is 16.4. The Morgan fingerprint density at radius 1 is 1.09 bits per heavy atom. The van der Waals surface area contributed by atoms with Crippen molar-refractivity contribution in [2.75, 3.05) is 6.61 Å². The van der Waals surface area contributed by atoms with E-state index in [2.05, 4.69) is 4.98 Å². The van der Waals surface area contributed by atoms with Crippen LogP contribution >= 0.6 is 0 Å². The van der Waals surface area contributed by atoms with E-state index in [1.165, 1.54) is 12.1 Å². The van der Waals surface area contributed by atoms with Crippen molar-refractivity contribution >= 4 is 10.9 Å². The first kappa shape index (κ1) is 13.2. The molecule has 5 heteroatoms. The molecular formula is C17H14F3NO. The molecule has 1 heterocycles. The van der Waals surface area contributed by atoms with E-state index in [-0.39, 0.29) is 0 Å². The second-order valence-corrected chi connectivity index (χ2v) is 4.93. The number of benzene rings is 2. The molecule has 0 aliphatic carbocycles. The van der Waals surface area contributed by atoms with E-state index in [0.717, 1.165) is 28.6 Å². The number of nitrogens with one attached hydrogen (secondary N) is 1. The number of aromatic amines is 1. The summed E-state index contributed by atoms with van der Waals surface area (Å²) in [5.74, 6) is 0.637. The van der Waals surface area contributed by atoms with Gasteiger partial charge in [-0.2, -0.15) is 13.2 Å². The summed E-state index contributed by atoms with van der Waals surface area (Å²) in [7, 11) is 0. The Morgan fingerprint density at radius 2 is 1.86 bits per heavy atom. The van der Waals surface area contributed by atoms with Gasteiger partial charge in [-0.05, 0) is 41.9 Å². The van der Waals surface area contributed by atoms with Crippen LogP contribution in [0.4, 0.5) is 13.2 Å². The molecule has 0 saturated heterocycles. The Hall–Kier alpha value is -2.43. The fourth-order valence-electron chi connectivity index (χ4n) is 2.20. The number of hydrogen-bond donors (Lipinski definition) is 1.